The van der Waals surface area contributed by atoms with Gasteiger partial charge in [-0.05, 0) is 61.9 Å². The number of aryl methyl sites for hydroxylation is 1. The van der Waals surface area contributed by atoms with Crippen LogP contribution >= 0.6 is 0 Å². The molecule has 0 atom stereocenters. The van der Waals surface area contributed by atoms with Crippen LogP contribution in [0.25, 0.3) is 0 Å². The minimum atomic E-state index is -3.60. The van der Waals surface area contributed by atoms with E-state index in [0.717, 1.165) is 14.2 Å². The van der Waals surface area contributed by atoms with Crippen LogP contribution in [0.1, 0.15) is 33.2 Å². The number of benzene rings is 2. The molecule has 0 spiro atoms. The molecule has 1 amide bonds. The van der Waals surface area contributed by atoms with Crippen molar-refractivity contribution in [2.75, 3.05) is 37.4 Å². The number of anilines is 2. The molecular formula is C20H25N3O5S. The second-order valence-corrected chi connectivity index (χ2v) is 8.68. The number of amides is 1. The normalized spacial score (nSPS) is 11.2. The number of esters is 1. The molecular weight excluding hydrogens is 394 g/mol. The van der Waals surface area contributed by atoms with Crippen molar-refractivity contribution in [2.24, 2.45) is 0 Å². The van der Waals surface area contributed by atoms with Crippen molar-refractivity contribution in [2.45, 2.75) is 13.8 Å². The summed E-state index contributed by atoms with van der Waals surface area (Å²) >= 11 is 0. The van der Waals surface area contributed by atoms with Gasteiger partial charge in [0.2, 0.25) is 0 Å². The molecule has 0 bridgehead atoms. The summed E-state index contributed by atoms with van der Waals surface area (Å²) in [5.74, 6) is -0.762. The average molecular weight is 420 g/mol. The lowest BCUT2D eigenvalue weighted by molar-refractivity contribution is 0.0526. The van der Waals surface area contributed by atoms with Crippen molar-refractivity contribution >= 4 is 33.5 Å². The zero-order valence-corrected chi connectivity index (χ0v) is 17.9. The third-order valence-electron chi connectivity index (χ3n) is 4.29. The first-order valence-electron chi connectivity index (χ1n) is 8.93. The Bertz CT molecular complexity index is 1000. The molecule has 0 aromatic heterocycles. The van der Waals surface area contributed by atoms with E-state index in [0.29, 0.717) is 22.5 Å². The fraction of sp³-hybridized carbons (Fsp3) is 0.300. The third kappa shape index (κ3) is 5.12. The first-order valence-corrected chi connectivity index (χ1v) is 10.3. The smallest absolute Gasteiger partial charge is 0.338 e. The van der Waals surface area contributed by atoms with E-state index in [-0.39, 0.29) is 12.5 Å². The summed E-state index contributed by atoms with van der Waals surface area (Å²) in [7, 11) is 0.734. The molecule has 2 rings (SSSR count). The molecule has 0 radical (unpaired) electrons. The molecule has 29 heavy (non-hydrogen) atoms. The second kappa shape index (κ2) is 9.06. The van der Waals surface area contributed by atoms with Crippen molar-refractivity contribution in [3.8, 4) is 0 Å². The van der Waals surface area contributed by atoms with Crippen molar-refractivity contribution in [1.29, 1.82) is 0 Å². The number of hydrogen-bond donors (Lipinski definition) is 1. The summed E-state index contributed by atoms with van der Waals surface area (Å²) in [6.45, 7) is 3.80. The van der Waals surface area contributed by atoms with Crippen LogP contribution in [0.2, 0.25) is 0 Å². The SMILES string of the molecule is CCOC(=O)c1ccc(NC(=O)c2ccc(N(C)S(=O)(=O)N(C)C)cc2)c(C)c1. The molecule has 0 aliphatic rings. The predicted molar refractivity (Wildman–Crippen MR) is 113 cm³/mol. The van der Waals surface area contributed by atoms with Gasteiger partial charge < -0.3 is 10.1 Å². The zero-order chi connectivity index (χ0) is 21.8. The van der Waals surface area contributed by atoms with Gasteiger partial charge in [-0.25, -0.2) is 4.79 Å². The van der Waals surface area contributed by atoms with Crippen molar-refractivity contribution in [3.63, 3.8) is 0 Å². The Kier molecular flexibility index (Phi) is 6.99. The van der Waals surface area contributed by atoms with E-state index in [4.69, 9.17) is 4.74 Å². The van der Waals surface area contributed by atoms with Gasteiger partial charge in [-0.1, -0.05) is 0 Å². The summed E-state index contributed by atoms with van der Waals surface area (Å²) in [5, 5.41) is 2.79. The van der Waals surface area contributed by atoms with E-state index >= 15 is 0 Å². The Balaban J connectivity index is 2.15. The van der Waals surface area contributed by atoms with Crippen LogP contribution in [-0.4, -0.2) is 52.3 Å². The van der Waals surface area contributed by atoms with Crippen molar-refractivity contribution < 1.29 is 22.7 Å². The molecule has 0 saturated heterocycles. The summed E-state index contributed by atoms with van der Waals surface area (Å²) in [5.41, 5.74) is 2.51. The van der Waals surface area contributed by atoms with E-state index < -0.39 is 16.2 Å². The van der Waals surface area contributed by atoms with Gasteiger partial charge in [0.25, 0.3) is 5.91 Å². The van der Waals surface area contributed by atoms with Crippen LogP contribution in [0, 0.1) is 6.92 Å². The molecule has 2 aromatic carbocycles. The van der Waals surface area contributed by atoms with Gasteiger partial charge in [-0.2, -0.15) is 12.7 Å². The average Bonchev–Trinajstić information content (AvgIpc) is 2.69. The third-order valence-corrected chi connectivity index (χ3v) is 6.11. The van der Waals surface area contributed by atoms with E-state index in [1.807, 2.05) is 0 Å². The number of hydrogen-bond acceptors (Lipinski definition) is 5. The van der Waals surface area contributed by atoms with Crippen LogP contribution in [0.3, 0.4) is 0 Å². The Morgan fingerprint density at radius 1 is 1.00 bits per heavy atom. The summed E-state index contributed by atoms with van der Waals surface area (Å²) < 4.78 is 31.6. The molecule has 0 aliphatic heterocycles. The maximum Gasteiger partial charge on any atom is 0.338 e. The quantitative estimate of drug-likeness (QED) is 0.696. The largest absolute Gasteiger partial charge is 0.462 e. The lowest BCUT2D eigenvalue weighted by Gasteiger charge is -2.23. The van der Waals surface area contributed by atoms with Crippen molar-refractivity contribution in [1.82, 2.24) is 4.31 Å². The monoisotopic (exact) mass is 419 g/mol. The lowest BCUT2D eigenvalue weighted by Crippen LogP contribution is -2.37. The van der Waals surface area contributed by atoms with Crippen molar-refractivity contribution in [3.05, 3.63) is 59.2 Å². The highest BCUT2D eigenvalue weighted by Crippen LogP contribution is 2.21. The molecule has 1 N–H and O–H groups in total. The number of carbonyl (C=O) groups excluding carboxylic acids is 2. The van der Waals surface area contributed by atoms with Crippen LogP contribution in [0.4, 0.5) is 11.4 Å². The first kappa shape index (κ1) is 22.4. The minimum Gasteiger partial charge on any atom is -0.462 e. The van der Waals surface area contributed by atoms with Gasteiger partial charge in [0, 0.05) is 32.4 Å². The van der Waals surface area contributed by atoms with E-state index in [1.165, 1.54) is 21.1 Å². The highest BCUT2D eigenvalue weighted by molar-refractivity contribution is 7.90. The van der Waals surface area contributed by atoms with Gasteiger partial charge in [0.15, 0.2) is 0 Å². The molecule has 9 heteroatoms. The van der Waals surface area contributed by atoms with Crippen LogP contribution in [-0.2, 0) is 14.9 Å². The van der Waals surface area contributed by atoms with Gasteiger partial charge in [-0.3, -0.25) is 9.10 Å². The molecule has 156 valence electrons. The summed E-state index contributed by atoms with van der Waals surface area (Å²) in [4.78, 5) is 24.3. The molecule has 2 aromatic rings. The number of rotatable bonds is 7. The Morgan fingerprint density at radius 3 is 2.10 bits per heavy atom. The highest BCUT2D eigenvalue weighted by Gasteiger charge is 2.21. The van der Waals surface area contributed by atoms with Crippen LogP contribution < -0.4 is 9.62 Å². The summed E-state index contributed by atoms with van der Waals surface area (Å²) in [6, 6.07) is 11.1. The zero-order valence-electron chi connectivity index (χ0n) is 17.1. The predicted octanol–water partition coefficient (Wildman–Crippen LogP) is 2.67. The maximum atomic E-state index is 12.5. The fourth-order valence-corrected chi connectivity index (χ4v) is 3.42. The minimum absolute atomic E-state index is 0.289. The molecule has 0 fully saturated rings. The van der Waals surface area contributed by atoms with Gasteiger partial charge in [0.1, 0.15) is 0 Å². The van der Waals surface area contributed by atoms with Gasteiger partial charge in [0.05, 0.1) is 17.9 Å². The molecule has 0 aliphatic carbocycles. The summed E-state index contributed by atoms with van der Waals surface area (Å²) in [6.07, 6.45) is 0. The second-order valence-electron chi connectivity index (χ2n) is 6.51. The van der Waals surface area contributed by atoms with Gasteiger partial charge >= 0.3 is 16.2 Å². The molecule has 0 saturated carbocycles. The van der Waals surface area contributed by atoms with Gasteiger partial charge in [-0.15, -0.1) is 0 Å². The van der Waals surface area contributed by atoms with E-state index in [1.54, 1.807) is 56.3 Å². The topological polar surface area (TPSA) is 96.0 Å². The van der Waals surface area contributed by atoms with E-state index in [9.17, 15) is 18.0 Å². The number of carbonyl (C=O) groups is 2. The Labute approximate surface area is 171 Å². The molecule has 0 heterocycles. The number of nitrogens with one attached hydrogen (secondary N) is 1. The lowest BCUT2D eigenvalue weighted by atomic mass is 10.1. The number of ether oxygens (including phenoxy) is 1. The van der Waals surface area contributed by atoms with E-state index in [2.05, 4.69) is 5.32 Å². The molecule has 8 nitrogen and oxygen atoms in total. The van der Waals surface area contributed by atoms with Crippen LogP contribution in [0.5, 0.6) is 0 Å². The Morgan fingerprint density at radius 2 is 1.59 bits per heavy atom. The Hall–Kier alpha value is -2.91. The highest BCUT2D eigenvalue weighted by atomic mass is 32.2. The molecule has 0 unspecified atom stereocenters. The fourth-order valence-electron chi connectivity index (χ4n) is 2.54. The standard InChI is InChI=1S/C20H25N3O5S/c1-6-28-20(25)16-9-12-18(14(2)13-16)21-19(24)15-7-10-17(11-8-15)23(5)29(26,27)22(3)4/h7-13H,6H2,1-5H3,(H,21,24). The van der Waals surface area contributed by atoms with Crippen LogP contribution in [0.15, 0.2) is 42.5 Å². The number of nitrogens with zero attached hydrogens (tertiary/aromatic N) is 2. The first-order chi connectivity index (χ1) is 13.6. The maximum absolute atomic E-state index is 12.5.